The molecular formula is C24H24F3NS. The standard InChI is InChI=1S/C24H24F3NS/c1-22(2)11-12-23(3,4)19-13-16(7-10-18(19)22)20-14-29-21(28-20)15-5-8-17(9-6-15)24(25,26)27/h5-10,13-14H,11-12H2,1-4H3. The first-order valence-corrected chi connectivity index (χ1v) is 10.6. The molecular weight excluding hydrogens is 391 g/mol. The quantitative estimate of drug-likeness (QED) is 0.415. The van der Waals surface area contributed by atoms with Crippen molar-refractivity contribution in [3.63, 3.8) is 0 Å². The number of aromatic nitrogens is 1. The summed E-state index contributed by atoms with van der Waals surface area (Å²) in [5, 5.41) is 2.71. The average Bonchev–Trinajstić information content (AvgIpc) is 3.15. The molecule has 2 aromatic carbocycles. The Labute approximate surface area is 173 Å². The van der Waals surface area contributed by atoms with Crippen LogP contribution in [0.2, 0.25) is 0 Å². The number of hydrogen-bond donors (Lipinski definition) is 0. The van der Waals surface area contributed by atoms with Crippen molar-refractivity contribution in [1.29, 1.82) is 0 Å². The highest BCUT2D eigenvalue weighted by molar-refractivity contribution is 7.13. The number of hydrogen-bond acceptors (Lipinski definition) is 2. The highest BCUT2D eigenvalue weighted by Gasteiger charge is 2.37. The molecule has 1 aromatic heterocycles. The minimum absolute atomic E-state index is 0.118. The van der Waals surface area contributed by atoms with Gasteiger partial charge in [0.15, 0.2) is 0 Å². The Morgan fingerprint density at radius 1 is 0.828 bits per heavy atom. The summed E-state index contributed by atoms with van der Waals surface area (Å²) >= 11 is 1.46. The van der Waals surface area contributed by atoms with E-state index in [9.17, 15) is 13.2 Å². The van der Waals surface area contributed by atoms with Gasteiger partial charge in [-0.2, -0.15) is 13.2 Å². The van der Waals surface area contributed by atoms with Gasteiger partial charge in [0.1, 0.15) is 5.01 Å². The molecule has 3 aromatic rings. The van der Waals surface area contributed by atoms with Gasteiger partial charge in [-0.15, -0.1) is 11.3 Å². The number of fused-ring (bicyclic) bond motifs is 1. The van der Waals surface area contributed by atoms with E-state index in [1.165, 1.54) is 41.0 Å². The van der Waals surface area contributed by atoms with Crippen LogP contribution in [0.4, 0.5) is 13.2 Å². The molecule has 0 radical (unpaired) electrons. The Balaban J connectivity index is 1.69. The predicted molar refractivity (Wildman–Crippen MR) is 113 cm³/mol. The monoisotopic (exact) mass is 415 g/mol. The molecule has 0 N–H and O–H groups in total. The Hall–Kier alpha value is -2.14. The molecule has 0 bridgehead atoms. The van der Waals surface area contributed by atoms with Crippen molar-refractivity contribution < 1.29 is 13.2 Å². The van der Waals surface area contributed by atoms with E-state index in [1.54, 1.807) is 0 Å². The molecule has 29 heavy (non-hydrogen) atoms. The SMILES string of the molecule is CC1(C)CCC(C)(C)c2cc(-c3csc(-c4ccc(C(F)(F)F)cc4)n3)ccc21. The lowest BCUT2D eigenvalue weighted by molar-refractivity contribution is -0.137. The van der Waals surface area contributed by atoms with Crippen molar-refractivity contribution in [1.82, 2.24) is 4.98 Å². The van der Waals surface area contributed by atoms with Gasteiger partial charge in [0, 0.05) is 16.5 Å². The van der Waals surface area contributed by atoms with Gasteiger partial charge in [0.05, 0.1) is 11.3 Å². The van der Waals surface area contributed by atoms with Gasteiger partial charge >= 0.3 is 6.18 Å². The fourth-order valence-electron chi connectivity index (χ4n) is 4.09. The second-order valence-corrected chi connectivity index (χ2v) is 10.00. The zero-order valence-electron chi connectivity index (χ0n) is 17.0. The van der Waals surface area contributed by atoms with Gasteiger partial charge in [-0.05, 0) is 53.0 Å². The summed E-state index contributed by atoms with van der Waals surface area (Å²) in [6.07, 6.45) is -2.01. The van der Waals surface area contributed by atoms with E-state index in [2.05, 4.69) is 45.9 Å². The van der Waals surface area contributed by atoms with Crippen LogP contribution in [-0.2, 0) is 17.0 Å². The van der Waals surface area contributed by atoms with Crippen molar-refractivity contribution >= 4 is 11.3 Å². The summed E-state index contributed by atoms with van der Waals surface area (Å²) < 4.78 is 38.4. The minimum atomic E-state index is -4.32. The van der Waals surface area contributed by atoms with Crippen molar-refractivity contribution in [2.75, 3.05) is 0 Å². The van der Waals surface area contributed by atoms with E-state index in [4.69, 9.17) is 4.98 Å². The van der Waals surface area contributed by atoms with Gasteiger partial charge < -0.3 is 0 Å². The van der Waals surface area contributed by atoms with E-state index in [0.29, 0.717) is 5.56 Å². The molecule has 0 spiro atoms. The molecule has 0 fully saturated rings. The largest absolute Gasteiger partial charge is 0.416 e. The maximum absolute atomic E-state index is 12.8. The second kappa shape index (κ2) is 6.69. The highest BCUT2D eigenvalue weighted by Crippen LogP contribution is 2.47. The van der Waals surface area contributed by atoms with Crippen LogP contribution in [0.25, 0.3) is 21.8 Å². The summed E-state index contributed by atoms with van der Waals surface area (Å²) in [5.41, 5.74) is 5.04. The Kier molecular flexibility index (Phi) is 4.65. The first-order valence-electron chi connectivity index (χ1n) is 9.76. The molecule has 1 nitrogen and oxygen atoms in total. The van der Waals surface area contributed by atoms with Crippen LogP contribution in [0.5, 0.6) is 0 Å². The molecule has 5 heteroatoms. The minimum Gasteiger partial charge on any atom is -0.236 e. The van der Waals surface area contributed by atoms with Crippen LogP contribution in [0, 0.1) is 0 Å². The van der Waals surface area contributed by atoms with E-state index < -0.39 is 11.7 Å². The molecule has 1 aliphatic rings. The molecule has 0 atom stereocenters. The molecule has 0 aliphatic heterocycles. The number of alkyl halides is 3. The lowest BCUT2D eigenvalue weighted by Crippen LogP contribution is -2.33. The molecule has 152 valence electrons. The van der Waals surface area contributed by atoms with Gasteiger partial charge in [-0.3, -0.25) is 0 Å². The lowest BCUT2D eigenvalue weighted by atomic mass is 9.63. The Morgan fingerprint density at radius 3 is 2.03 bits per heavy atom. The highest BCUT2D eigenvalue weighted by atomic mass is 32.1. The van der Waals surface area contributed by atoms with E-state index in [-0.39, 0.29) is 10.8 Å². The number of rotatable bonds is 2. The third kappa shape index (κ3) is 3.73. The second-order valence-electron chi connectivity index (χ2n) is 9.14. The van der Waals surface area contributed by atoms with Gasteiger partial charge in [-0.1, -0.05) is 52.0 Å². The van der Waals surface area contributed by atoms with Crippen molar-refractivity contribution in [3.05, 3.63) is 64.5 Å². The average molecular weight is 416 g/mol. The lowest BCUT2D eigenvalue weighted by Gasteiger charge is -2.42. The number of thiazole rings is 1. The number of benzene rings is 2. The van der Waals surface area contributed by atoms with Crippen molar-refractivity contribution in [2.24, 2.45) is 0 Å². The van der Waals surface area contributed by atoms with Crippen LogP contribution in [-0.4, -0.2) is 4.98 Å². The smallest absolute Gasteiger partial charge is 0.236 e. The fraction of sp³-hybridized carbons (Fsp3) is 0.375. The Morgan fingerprint density at radius 2 is 1.41 bits per heavy atom. The maximum Gasteiger partial charge on any atom is 0.416 e. The molecule has 4 rings (SSSR count). The summed E-state index contributed by atoms with van der Waals surface area (Å²) in [7, 11) is 0. The van der Waals surface area contributed by atoms with Gasteiger partial charge in [0.25, 0.3) is 0 Å². The number of halogens is 3. The Bertz CT molecular complexity index is 1040. The first kappa shape index (κ1) is 20.1. The normalized spacial score (nSPS) is 17.8. The summed E-state index contributed by atoms with van der Waals surface area (Å²) in [5.74, 6) is 0. The van der Waals surface area contributed by atoms with Gasteiger partial charge in [-0.25, -0.2) is 4.98 Å². The number of nitrogens with zero attached hydrogens (tertiary/aromatic N) is 1. The molecule has 1 aliphatic carbocycles. The zero-order chi connectivity index (χ0) is 21.0. The molecule has 0 saturated heterocycles. The van der Waals surface area contributed by atoms with Crippen LogP contribution in [0.15, 0.2) is 47.8 Å². The van der Waals surface area contributed by atoms with Crippen molar-refractivity contribution in [3.8, 4) is 21.8 Å². The third-order valence-corrected chi connectivity index (χ3v) is 7.00. The summed E-state index contributed by atoms with van der Waals surface area (Å²) in [6, 6.07) is 11.8. The van der Waals surface area contributed by atoms with Crippen LogP contribution in [0.3, 0.4) is 0 Å². The van der Waals surface area contributed by atoms with Crippen LogP contribution in [0.1, 0.15) is 57.2 Å². The predicted octanol–water partition coefficient (Wildman–Crippen LogP) is 7.84. The maximum atomic E-state index is 12.8. The van der Waals surface area contributed by atoms with Gasteiger partial charge in [0.2, 0.25) is 0 Å². The fourth-order valence-corrected chi connectivity index (χ4v) is 4.92. The summed E-state index contributed by atoms with van der Waals surface area (Å²) in [6.45, 7) is 9.18. The van der Waals surface area contributed by atoms with Crippen molar-refractivity contribution in [2.45, 2.75) is 57.5 Å². The van der Waals surface area contributed by atoms with E-state index in [1.807, 2.05) is 5.38 Å². The zero-order valence-corrected chi connectivity index (χ0v) is 17.8. The molecule has 0 unspecified atom stereocenters. The molecule has 0 amide bonds. The molecule has 0 saturated carbocycles. The first-order chi connectivity index (χ1) is 13.5. The van der Waals surface area contributed by atoms with Crippen LogP contribution < -0.4 is 0 Å². The molecule has 1 heterocycles. The third-order valence-electron chi connectivity index (χ3n) is 6.11. The summed E-state index contributed by atoms with van der Waals surface area (Å²) in [4.78, 5) is 4.71. The van der Waals surface area contributed by atoms with E-state index >= 15 is 0 Å². The topological polar surface area (TPSA) is 12.9 Å². The van der Waals surface area contributed by atoms with E-state index in [0.717, 1.165) is 34.8 Å². The van der Waals surface area contributed by atoms with Crippen LogP contribution >= 0.6 is 11.3 Å².